The van der Waals surface area contributed by atoms with Gasteiger partial charge in [-0.3, -0.25) is 0 Å². The van der Waals surface area contributed by atoms with E-state index in [9.17, 15) is 0 Å². The van der Waals surface area contributed by atoms with Crippen molar-refractivity contribution in [3.63, 3.8) is 0 Å². The third-order valence-electron chi connectivity index (χ3n) is 4.00. The molecule has 0 heterocycles. The van der Waals surface area contributed by atoms with E-state index in [2.05, 4.69) is 50.2 Å². The Labute approximate surface area is 148 Å². The summed E-state index contributed by atoms with van der Waals surface area (Å²) in [4.78, 5) is 0. The third kappa shape index (κ3) is 5.83. The van der Waals surface area contributed by atoms with E-state index in [0.717, 1.165) is 24.3 Å². The highest BCUT2D eigenvalue weighted by molar-refractivity contribution is 7.47. The minimum absolute atomic E-state index is 0.964. The first kappa shape index (κ1) is 18.8. The van der Waals surface area contributed by atoms with Crippen LogP contribution >= 0.6 is 8.38 Å². The molecule has 0 atom stereocenters. The molecule has 2 rings (SSSR count). The van der Waals surface area contributed by atoms with Gasteiger partial charge in [-0.1, -0.05) is 63.1 Å². The van der Waals surface area contributed by atoms with Crippen molar-refractivity contribution < 1.29 is 9.05 Å². The van der Waals surface area contributed by atoms with Crippen molar-refractivity contribution in [3.8, 4) is 11.5 Å². The number of benzene rings is 2. The van der Waals surface area contributed by atoms with Crippen LogP contribution in [0.3, 0.4) is 0 Å². The van der Waals surface area contributed by atoms with Crippen LogP contribution in [0.25, 0.3) is 0 Å². The van der Waals surface area contributed by atoms with Crippen molar-refractivity contribution in [1.82, 2.24) is 0 Å². The lowest BCUT2D eigenvalue weighted by molar-refractivity contribution is 0.488. The van der Waals surface area contributed by atoms with Crippen molar-refractivity contribution in [3.05, 3.63) is 59.7 Å². The number of para-hydroxylation sites is 2. The first-order valence-electron chi connectivity index (χ1n) is 9.00. The maximum Gasteiger partial charge on any atom is 0.286 e. The highest BCUT2D eigenvalue weighted by Crippen LogP contribution is 2.39. The van der Waals surface area contributed by atoms with E-state index >= 15 is 0 Å². The molecular weight excluding hydrogens is 315 g/mol. The van der Waals surface area contributed by atoms with Crippen LogP contribution in [0, 0.1) is 0 Å². The van der Waals surface area contributed by atoms with Gasteiger partial charge in [0.05, 0.1) is 0 Å². The highest BCUT2D eigenvalue weighted by Gasteiger charge is 2.13. The SMILES string of the molecule is CCCCc1ccccc1OP(C)Oc1ccccc1CCCC. The molecule has 0 amide bonds. The molecule has 0 unspecified atom stereocenters. The summed E-state index contributed by atoms with van der Waals surface area (Å²) in [6, 6.07) is 16.6. The van der Waals surface area contributed by atoms with Crippen LogP contribution in [-0.4, -0.2) is 6.66 Å². The molecule has 0 bridgehead atoms. The third-order valence-corrected chi connectivity index (χ3v) is 4.91. The molecule has 0 aliphatic carbocycles. The van der Waals surface area contributed by atoms with Gasteiger partial charge in [0, 0.05) is 6.66 Å². The fourth-order valence-corrected chi connectivity index (χ4v) is 3.58. The Balaban J connectivity index is 2.02. The molecule has 0 saturated heterocycles. The molecule has 0 fully saturated rings. The van der Waals surface area contributed by atoms with Crippen LogP contribution in [0.15, 0.2) is 48.5 Å². The number of unbranched alkanes of at least 4 members (excludes halogenated alkanes) is 2. The lowest BCUT2D eigenvalue weighted by Crippen LogP contribution is -1.99. The molecule has 0 saturated carbocycles. The van der Waals surface area contributed by atoms with Crippen molar-refractivity contribution in [2.24, 2.45) is 0 Å². The van der Waals surface area contributed by atoms with E-state index in [4.69, 9.17) is 9.05 Å². The zero-order valence-corrected chi connectivity index (χ0v) is 16.0. The summed E-state index contributed by atoms with van der Waals surface area (Å²) in [7, 11) is -0.996. The second-order valence-corrected chi connectivity index (χ2v) is 7.29. The zero-order valence-electron chi connectivity index (χ0n) is 15.1. The molecule has 24 heavy (non-hydrogen) atoms. The summed E-state index contributed by atoms with van der Waals surface area (Å²) in [5.74, 6) is 1.93. The molecular formula is C21H29O2P. The zero-order chi connectivity index (χ0) is 17.2. The van der Waals surface area contributed by atoms with Crippen LogP contribution in [0.4, 0.5) is 0 Å². The quantitative estimate of drug-likeness (QED) is 0.443. The number of hydrogen-bond acceptors (Lipinski definition) is 2. The lowest BCUT2D eigenvalue weighted by Gasteiger charge is -2.19. The molecule has 130 valence electrons. The Hall–Kier alpha value is -1.53. The predicted molar refractivity (Wildman–Crippen MR) is 104 cm³/mol. The predicted octanol–water partition coefficient (Wildman–Crippen LogP) is 6.77. The Kier molecular flexibility index (Phi) is 8.12. The van der Waals surface area contributed by atoms with Crippen LogP contribution in [0.2, 0.25) is 0 Å². The van der Waals surface area contributed by atoms with E-state index in [1.807, 2.05) is 18.8 Å². The summed E-state index contributed by atoms with van der Waals surface area (Å²) in [6.07, 6.45) is 6.87. The van der Waals surface area contributed by atoms with Gasteiger partial charge < -0.3 is 9.05 Å². The van der Waals surface area contributed by atoms with Gasteiger partial charge in [-0.25, -0.2) is 0 Å². The van der Waals surface area contributed by atoms with Crippen LogP contribution in [0.5, 0.6) is 11.5 Å². The molecule has 3 heteroatoms. The molecule has 2 aromatic carbocycles. The van der Waals surface area contributed by atoms with Gasteiger partial charge in [0.25, 0.3) is 8.38 Å². The van der Waals surface area contributed by atoms with Gasteiger partial charge in [-0.15, -0.1) is 0 Å². The number of rotatable bonds is 10. The van der Waals surface area contributed by atoms with E-state index < -0.39 is 8.38 Å². The first-order valence-corrected chi connectivity index (χ1v) is 10.6. The summed E-state index contributed by atoms with van der Waals surface area (Å²) in [5, 5.41) is 0. The number of aryl methyl sites for hydroxylation is 2. The Morgan fingerprint density at radius 3 is 1.54 bits per heavy atom. The molecule has 0 aromatic heterocycles. The monoisotopic (exact) mass is 344 g/mol. The van der Waals surface area contributed by atoms with Gasteiger partial charge in [-0.2, -0.15) is 0 Å². The second kappa shape index (κ2) is 10.4. The van der Waals surface area contributed by atoms with Crippen LogP contribution in [-0.2, 0) is 12.8 Å². The second-order valence-electron chi connectivity index (χ2n) is 6.04. The minimum Gasteiger partial charge on any atom is -0.438 e. The highest BCUT2D eigenvalue weighted by atomic mass is 31.2. The molecule has 2 nitrogen and oxygen atoms in total. The fraction of sp³-hybridized carbons (Fsp3) is 0.429. The maximum absolute atomic E-state index is 6.15. The van der Waals surface area contributed by atoms with Crippen molar-refractivity contribution in [2.45, 2.75) is 52.4 Å². The summed E-state index contributed by atoms with van der Waals surface area (Å²) >= 11 is 0. The maximum atomic E-state index is 6.15. The van der Waals surface area contributed by atoms with E-state index in [-0.39, 0.29) is 0 Å². The van der Waals surface area contributed by atoms with Crippen molar-refractivity contribution >= 4 is 8.38 Å². The van der Waals surface area contributed by atoms with Gasteiger partial charge in [0.1, 0.15) is 11.5 Å². The van der Waals surface area contributed by atoms with Crippen LogP contribution in [0.1, 0.15) is 50.7 Å². The smallest absolute Gasteiger partial charge is 0.286 e. The largest absolute Gasteiger partial charge is 0.438 e. The topological polar surface area (TPSA) is 18.5 Å². The Morgan fingerprint density at radius 2 is 1.12 bits per heavy atom. The lowest BCUT2D eigenvalue weighted by atomic mass is 10.1. The molecule has 0 radical (unpaired) electrons. The summed E-state index contributed by atoms with van der Waals surface area (Å²) < 4.78 is 12.3. The first-order chi connectivity index (χ1) is 11.7. The van der Waals surface area contributed by atoms with Gasteiger partial charge in [0.15, 0.2) is 0 Å². The van der Waals surface area contributed by atoms with E-state index in [0.29, 0.717) is 0 Å². The van der Waals surface area contributed by atoms with E-state index in [1.54, 1.807) is 0 Å². The van der Waals surface area contributed by atoms with Gasteiger partial charge in [-0.05, 0) is 48.9 Å². The molecule has 2 aromatic rings. The average molecular weight is 344 g/mol. The Bertz CT molecular complexity index is 559. The molecule has 0 aliphatic heterocycles. The normalized spacial score (nSPS) is 10.8. The minimum atomic E-state index is -0.996. The van der Waals surface area contributed by atoms with Crippen LogP contribution < -0.4 is 9.05 Å². The molecule has 0 spiro atoms. The van der Waals surface area contributed by atoms with Crippen molar-refractivity contribution in [2.75, 3.05) is 6.66 Å². The van der Waals surface area contributed by atoms with Gasteiger partial charge in [0.2, 0.25) is 0 Å². The molecule has 0 N–H and O–H groups in total. The fourth-order valence-electron chi connectivity index (χ4n) is 2.63. The van der Waals surface area contributed by atoms with Crippen molar-refractivity contribution in [1.29, 1.82) is 0 Å². The van der Waals surface area contributed by atoms with E-state index in [1.165, 1.54) is 36.8 Å². The summed E-state index contributed by atoms with van der Waals surface area (Å²) in [6.45, 7) is 6.46. The standard InChI is InChI=1S/C21H29O2P/c1-4-6-12-18-14-8-10-16-20(18)22-24(3)23-21-17-11-9-15-19(21)13-7-5-2/h8-11,14-17H,4-7,12-13H2,1-3H3. The molecule has 0 aliphatic rings. The van der Waals surface area contributed by atoms with Gasteiger partial charge >= 0.3 is 0 Å². The Morgan fingerprint density at radius 1 is 0.708 bits per heavy atom. The summed E-state index contributed by atoms with van der Waals surface area (Å²) in [5.41, 5.74) is 2.55. The average Bonchev–Trinajstić information content (AvgIpc) is 2.60. The number of hydrogen-bond donors (Lipinski definition) is 0.